The smallest absolute Gasteiger partial charge is 0.219 e. The summed E-state index contributed by atoms with van der Waals surface area (Å²) in [6, 6.07) is 21.5. The van der Waals surface area contributed by atoms with Gasteiger partial charge in [0.15, 0.2) is 0 Å². The summed E-state index contributed by atoms with van der Waals surface area (Å²) < 4.78 is 0. The number of carbonyl (C=O) groups is 1. The van der Waals surface area contributed by atoms with E-state index < -0.39 is 8.07 Å². The lowest BCUT2D eigenvalue weighted by atomic mass is 9.47. The van der Waals surface area contributed by atoms with Crippen molar-refractivity contribution < 1.29 is 9.90 Å². The predicted octanol–water partition coefficient (Wildman–Crippen LogP) is 9.97. The number of fused-ring (bicyclic) bond motifs is 5. The Kier molecular flexibility index (Phi) is 8.11. The molecule has 4 aliphatic carbocycles. The Balaban J connectivity index is 0.881. The van der Waals surface area contributed by atoms with Gasteiger partial charge in [0, 0.05) is 13.0 Å². The Morgan fingerprint density at radius 3 is 2.44 bits per heavy atom. The molecule has 8 atom stereocenters. The van der Waals surface area contributed by atoms with Gasteiger partial charge in [-0.1, -0.05) is 105 Å². The van der Waals surface area contributed by atoms with Gasteiger partial charge in [0.25, 0.3) is 0 Å². The van der Waals surface area contributed by atoms with Gasteiger partial charge in [0.1, 0.15) is 0 Å². The third-order valence-electron chi connectivity index (χ3n) is 15.0. The number of rotatable bonds is 8. The number of allylic oxidation sites excluding steroid dienone is 1. The summed E-state index contributed by atoms with van der Waals surface area (Å²) in [5.74, 6) is 3.95. The van der Waals surface area contributed by atoms with E-state index in [0.717, 1.165) is 61.9 Å². The molecular formula is C44H57NO2Si. The van der Waals surface area contributed by atoms with Crippen LogP contribution in [0.15, 0.2) is 66.2 Å². The maximum absolute atomic E-state index is 13.2. The summed E-state index contributed by atoms with van der Waals surface area (Å²) in [7, 11) is -1.80. The maximum Gasteiger partial charge on any atom is 0.219 e. The first-order valence-electron chi connectivity index (χ1n) is 19.3. The summed E-state index contributed by atoms with van der Waals surface area (Å²) in [5, 5.41) is 23.4. The molecule has 3 saturated carbocycles. The van der Waals surface area contributed by atoms with Crippen molar-refractivity contribution in [3.63, 3.8) is 0 Å². The number of aliphatic hydroxyl groups excluding tert-OH is 1. The average molecular weight is 660 g/mol. The molecular weight excluding hydrogens is 603 g/mol. The number of carbonyl (C=O) groups excluding carboxylic acids is 1. The van der Waals surface area contributed by atoms with E-state index in [4.69, 9.17) is 0 Å². The predicted molar refractivity (Wildman–Crippen MR) is 205 cm³/mol. The second-order valence-electron chi connectivity index (χ2n) is 17.9. The number of benzene rings is 4. The third kappa shape index (κ3) is 5.18. The van der Waals surface area contributed by atoms with Gasteiger partial charge < -0.3 is 10.4 Å². The van der Waals surface area contributed by atoms with E-state index in [1.165, 1.54) is 69.6 Å². The van der Waals surface area contributed by atoms with Crippen LogP contribution in [0.1, 0.15) is 85.0 Å². The summed E-state index contributed by atoms with van der Waals surface area (Å²) >= 11 is 0. The van der Waals surface area contributed by atoms with Crippen molar-refractivity contribution in [2.45, 2.75) is 110 Å². The van der Waals surface area contributed by atoms with Crippen molar-refractivity contribution in [2.75, 3.05) is 6.54 Å². The minimum Gasteiger partial charge on any atom is -0.393 e. The Morgan fingerprint density at radius 1 is 0.917 bits per heavy atom. The van der Waals surface area contributed by atoms with Gasteiger partial charge in [0.2, 0.25) is 5.91 Å². The fourth-order valence-electron chi connectivity index (χ4n) is 12.2. The van der Waals surface area contributed by atoms with Crippen LogP contribution < -0.4 is 10.5 Å². The Hall–Kier alpha value is -2.69. The zero-order valence-electron chi connectivity index (χ0n) is 30.1. The highest BCUT2D eigenvalue weighted by atomic mass is 28.3. The van der Waals surface area contributed by atoms with Crippen LogP contribution in [0.5, 0.6) is 0 Å². The normalized spacial score (nSPS) is 32.5. The maximum atomic E-state index is 13.2. The SMILES string of the molecule is C[C@H](CCC(=O)NCC[Si](C)(C)c1ccc2ccc3cccc4ccc1c2c34)[C@H]1CC[C@H]2[C@@H]3CC=C4C[C@@H](O)CC[C@]4(C)[C@H]3CC[C@]12C. The Morgan fingerprint density at radius 2 is 1.65 bits per heavy atom. The van der Waals surface area contributed by atoms with Crippen LogP contribution in [0, 0.1) is 40.4 Å². The van der Waals surface area contributed by atoms with E-state index in [0.29, 0.717) is 23.2 Å². The number of nitrogens with one attached hydrogen (secondary N) is 1. The molecule has 8 rings (SSSR count). The van der Waals surface area contributed by atoms with Crippen molar-refractivity contribution in [2.24, 2.45) is 40.4 Å². The van der Waals surface area contributed by atoms with E-state index in [-0.39, 0.29) is 12.0 Å². The highest BCUT2D eigenvalue weighted by Crippen LogP contribution is 2.67. The average Bonchev–Trinajstić information content (AvgIpc) is 3.43. The minimum absolute atomic E-state index is 0.128. The summed E-state index contributed by atoms with van der Waals surface area (Å²) in [4.78, 5) is 13.2. The van der Waals surface area contributed by atoms with Gasteiger partial charge in [-0.3, -0.25) is 4.79 Å². The van der Waals surface area contributed by atoms with E-state index in [2.05, 4.69) is 99.9 Å². The van der Waals surface area contributed by atoms with E-state index in [9.17, 15) is 9.90 Å². The van der Waals surface area contributed by atoms with Crippen molar-refractivity contribution in [3.05, 3.63) is 66.2 Å². The first kappa shape index (κ1) is 32.5. The molecule has 254 valence electrons. The molecule has 1 amide bonds. The fourth-order valence-corrected chi connectivity index (χ4v) is 14.7. The molecule has 0 aromatic heterocycles. The number of hydrogen-bond donors (Lipinski definition) is 2. The second kappa shape index (κ2) is 12.0. The monoisotopic (exact) mass is 659 g/mol. The highest BCUT2D eigenvalue weighted by Gasteiger charge is 2.59. The van der Waals surface area contributed by atoms with Gasteiger partial charge in [-0.25, -0.2) is 0 Å². The van der Waals surface area contributed by atoms with Crippen molar-refractivity contribution in [3.8, 4) is 0 Å². The van der Waals surface area contributed by atoms with Crippen molar-refractivity contribution in [1.29, 1.82) is 0 Å². The topological polar surface area (TPSA) is 49.3 Å². The molecule has 0 spiro atoms. The van der Waals surface area contributed by atoms with Gasteiger partial charge in [-0.05, 0) is 137 Å². The summed E-state index contributed by atoms with van der Waals surface area (Å²) in [6.07, 6.45) is 13.7. The van der Waals surface area contributed by atoms with Gasteiger partial charge in [-0.15, -0.1) is 0 Å². The standard InChI is InChI=1S/C44H57NO2Si/c1-28(36-17-18-37-34-16-14-32-27-33(46)21-23-43(32,2)38(34)22-24-44(36,37)3)9-20-40(47)45-25-26-48(4,5)39-19-13-31-11-10-29-7-6-8-30-12-15-35(39)42(31)41(29)30/h6-8,10-15,19,28,33-34,36-38,46H,9,16-18,20-27H2,1-5H3,(H,45,47)/t28-,33+,34+,36-,37+,38+,43+,44-/m1/s1. The molecule has 0 radical (unpaired) electrons. The first-order valence-corrected chi connectivity index (χ1v) is 22.5. The van der Waals surface area contributed by atoms with Crippen LogP contribution in [-0.2, 0) is 4.79 Å². The number of amides is 1. The Labute approximate surface area is 289 Å². The highest BCUT2D eigenvalue weighted by molar-refractivity contribution is 6.91. The lowest BCUT2D eigenvalue weighted by Gasteiger charge is -2.58. The van der Waals surface area contributed by atoms with E-state index in [1.54, 1.807) is 5.57 Å². The molecule has 3 fully saturated rings. The van der Waals surface area contributed by atoms with Gasteiger partial charge in [-0.2, -0.15) is 0 Å². The zero-order valence-corrected chi connectivity index (χ0v) is 31.1. The van der Waals surface area contributed by atoms with Crippen LogP contribution in [0.4, 0.5) is 0 Å². The molecule has 4 aliphatic rings. The molecule has 3 nitrogen and oxygen atoms in total. The van der Waals surface area contributed by atoms with Crippen LogP contribution in [0.2, 0.25) is 19.1 Å². The number of aliphatic hydroxyl groups is 1. The van der Waals surface area contributed by atoms with E-state index in [1.807, 2.05) is 0 Å². The summed E-state index contributed by atoms with van der Waals surface area (Å²) in [5.41, 5.74) is 2.29. The molecule has 0 heterocycles. The molecule has 0 aliphatic heterocycles. The van der Waals surface area contributed by atoms with Gasteiger partial charge >= 0.3 is 0 Å². The zero-order chi connectivity index (χ0) is 33.4. The molecule has 48 heavy (non-hydrogen) atoms. The van der Waals surface area contributed by atoms with E-state index >= 15 is 0 Å². The van der Waals surface area contributed by atoms with Gasteiger partial charge in [0.05, 0.1) is 14.2 Å². The van der Waals surface area contributed by atoms with Crippen LogP contribution in [0.3, 0.4) is 0 Å². The summed E-state index contributed by atoms with van der Waals surface area (Å²) in [6.45, 7) is 13.3. The first-order chi connectivity index (χ1) is 23.0. The lowest BCUT2D eigenvalue weighted by Crippen LogP contribution is -2.50. The Bertz CT molecular complexity index is 1860. The minimum atomic E-state index is -1.80. The van der Waals surface area contributed by atoms with Crippen LogP contribution in [0.25, 0.3) is 32.3 Å². The lowest BCUT2D eigenvalue weighted by molar-refractivity contribution is -0.121. The fraction of sp³-hybridized carbons (Fsp3) is 0.568. The van der Waals surface area contributed by atoms with Crippen LogP contribution in [-0.4, -0.2) is 31.7 Å². The molecule has 2 N–H and O–H groups in total. The molecule has 0 saturated heterocycles. The number of hydrogen-bond acceptors (Lipinski definition) is 2. The second-order valence-corrected chi connectivity index (χ2v) is 22.7. The molecule has 0 bridgehead atoms. The largest absolute Gasteiger partial charge is 0.393 e. The third-order valence-corrected chi connectivity index (χ3v) is 18.4. The molecule has 4 aromatic carbocycles. The van der Waals surface area contributed by atoms with Crippen LogP contribution >= 0.6 is 0 Å². The molecule has 4 aromatic rings. The molecule has 4 heteroatoms. The van der Waals surface area contributed by atoms with Crippen molar-refractivity contribution in [1.82, 2.24) is 5.32 Å². The quantitative estimate of drug-likeness (QED) is 0.112. The molecule has 0 unspecified atom stereocenters. The van der Waals surface area contributed by atoms with Crippen molar-refractivity contribution >= 4 is 51.5 Å².